The zero-order valence-electron chi connectivity index (χ0n) is 25.9. The lowest BCUT2D eigenvalue weighted by Crippen LogP contribution is -2.59. The normalized spacial score (nSPS) is 28.6. The molecule has 3 fully saturated rings. The zero-order chi connectivity index (χ0) is 30.8. The highest BCUT2D eigenvalue weighted by molar-refractivity contribution is 6.05. The van der Waals surface area contributed by atoms with Gasteiger partial charge in [-0.3, -0.25) is 14.4 Å². The summed E-state index contributed by atoms with van der Waals surface area (Å²) >= 11 is 0. The SMILES string of the molecule is C=CCCCOC(=O)[C@@H]1[C@H]2C(=O)N([C@@H](CO)CC(C)C)C(C(=O)N(CC=C)c3c(C)cccc3C)C23CC[C@@]1(CC)O3. The van der Waals surface area contributed by atoms with Crippen LogP contribution >= 0.6 is 0 Å². The third-order valence-corrected chi connectivity index (χ3v) is 9.54. The van der Waals surface area contributed by atoms with Crippen LogP contribution in [0.25, 0.3) is 0 Å². The van der Waals surface area contributed by atoms with Gasteiger partial charge in [0.1, 0.15) is 17.6 Å². The summed E-state index contributed by atoms with van der Waals surface area (Å²) in [6, 6.07) is 4.27. The van der Waals surface area contributed by atoms with Gasteiger partial charge in [0.25, 0.3) is 5.91 Å². The molecule has 2 bridgehead atoms. The molecule has 3 aliphatic rings. The van der Waals surface area contributed by atoms with Crippen LogP contribution in [0.15, 0.2) is 43.5 Å². The molecule has 1 aromatic carbocycles. The lowest BCUT2D eigenvalue weighted by Gasteiger charge is -2.40. The molecule has 3 heterocycles. The van der Waals surface area contributed by atoms with Crippen molar-refractivity contribution in [3.63, 3.8) is 0 Å². The molecule has 230 valence electrons. The maximum absolute atomic E-state index is 14.9. The Kier molecular flexibility index (Phi) is 9.68. The number of ether oxygens (including phenoxy) is 2. The molecule has 3 aliphatic heterocycles. The maximum Gasteiger partial charge on any atom is 0.312 e. The van der Waals surface area contributed by atoms with Crippen LogP contribution in [-0.4, -0.2) is 70.8 Å². The monoisotopic (exact) mass is 580 g/mol. The second-order valence-corrected chi connectivity index (χ2v) is 12.6. The van der Waals surface area contributed by atoms with Gasteiger partial charge < -0.3 is 24.4 Å². The van der Waals surface area contributed by atoms with E-state index in [9.17, 15) is 19.5 Å². The van der Waals surface area contributed by atoms with Crippen LogP contribution in [0.4, 0.5) is 5.69 Å². The Morgan fingerprint density at radius 1 is 1.21 bits per heavy atom. The second kappa shape index (κ2) is 12.7. The van der Waals surface area contributed by atoms with Gasteiger partial charge >= 0.3 is 5.97 Å². The molecule has 2 unspecified atom stereocenters. The maximum atomic E-state index is 14.9. The number of nitrogens with zero attached hydrogens (tertiary/aromatic N) is 2. The molecule has 1 N–H and O–H groups in total. The molecule has 42 heavy (non-hydrogen) atoms. The van der Waals surface area contributed by atoms with Crippen LogP contribution in [-0.2, 0) is 23.9 Å². The summed E-state index contributed by atoms with van der Waals surface area (Å²) in [5, 5.41) is 10.6. The number of benzene rings is 1. The van der Waals surface area contributed by atoms with Crippen molar-refractivity contribution in [3.8, 4) is 0 Å². The van der Waals surface area contributed by atoms with E-state index in [-0.39, 0.29) is 37.5 Å². The standard InChI is InChI=1S/C34H48N2O6/c1-8-11-12-19-41-32(40)27-26-30(38)36(25(21-37)20-22(4)5)29(34(26)17-16-33(27,10-3)42-34)31(39)35(18-9-2)28-23(6)14-13-15-24(28)7/h8-9,13-15,22,25-27,29,37H,1-2,10-12,16-21H2,3-7H3/t25-,26+,27+,29?,33-,34?/m1/s1. The Morgan fingerprint density at radius 3 is 2.48 bits per heavy atom. The number of amides is 2. The summed E-state index contributed by atoms with van der Waals surface area (Å²) in [5.41, 5.74) is 0.553. The number of carbonyl (C=O) groups is 3. The van der Waals surface area contributed by atoms with Crippen LogP contribution in [0.3, 0.4) is 0 Å². The first kappa shape index (κ1) is 32.0. The summed E-state index contributed by atoms with van der Waals surface area (Å²) in [7, 11) is 0. The van der Waals surface area contributed by atoms with Gasteiger partial charge in [-0.15, -0.1) is 13.2 Å². The number of hydrogen-bond donors (Lipinski definition) is 1. The summed E-state index contributed by atoms with van der Waals surface area (Å²) in [4.78, 5) is 46.5. The number of aliphatic hydroxyl groups is 1. The van der Waals surface area contributed by atoms with E-state index in [4.69, 9.17) is 9.47 Å². The van der Waals surface area contributed by atoms with Crippen molar-refractivity contribution in [1.29, 1.82) is 0 Å². The van der Waals surface area contributed by atoms with Gasteiger partial charge in [-0.05, 0) is 69.4 Å². The number of aliphatic hydroxyl groups excluding tert-OH is 1. The topological polar surface area (TPSA) is 96.4 Å². The highest BCUT2D eigenvalue weighted by Crippen LogP contribution is 2.65. The van der Waals surface area contributed by atoms with Crippen molar-refractivity contribution in [2.45, 2.75) is 96.4 Å². The van der Waals surface area contributed by atoms with Crippen LogP contribution < -0.4 is 4.90 Å². The molecule has 8 heteroatoms. The number of carbonyl (C=O) groups excluding carboxylic acids is 3. The fraction of sp³-hybridized carbons (Fsp3) is 0.618. The fourth-order valence-corrected chi connectivity index (χ4v) is 7.80. The van der Waals surface area contributed by atoms with E-state index in [2.05, 4.69) is 13.2 Å². The summed E-state index contributed by atoms with van der Waals surface area (Å²) in [6.45, 7) is 17.8. The van der Waals surface area contributed by atoms with Gasteiger partial charge in [-0.25, -0.2) is 0 Å². The Balaban J connectivity index is 1.85. The lowest BCUT2D eigenvalue weighted by molar-refractivity contribution is -0.162. The number of unbranched alkanes of at least 4 members (excludes halogenated alkanes) is 1. The number of rotatable bonds is 14. The predicted molar refractivity (Wildman–Crippen MR) is 163 cm³/mol. The molecule has 4 rings (SSSR count). The smallest absolute Gasteiger partial charge is 0.312 e. The lowest BCUT2D eigenvalue weighted by atomic mass is 9.65. The molecular formula is C34H48N2O6. The molecule has 1 spiro atoms. The Bertz CT molecular complexity index is 1190. The fourth-order valence-electron chi connectivity index (χ4n) is 7.80. The van der Waals surface area contributed by atoms with Crippen LogP contribution in [0.1, 0.15) is 70.4 Å². The number of aryl methyl sites for hydroxylation is 2. The van der Waals surface area contributed by atoms with Crippen LogP contribution in [0.5, 0.6) is 0 Å². The van der Waals surface area contributed by atoms with E-state index in [0.717, 1.165) is 23.2 Å². The van der Waals surface area contributed by atoms with Gasteiger partial charge in [-0.1, -0.05) is 51.1 Å². The Morgan fingerprint density at radius 2 is 1.90 bits per heavy atom. The van der Waals surface area contributed by atoms with E-state index in [0.29, 0.717) is 32.1 Å². The molecule has 0 radical (unpaired) electrons. The van der Waals surface area contributed by atoms with Gasteiger partial charge in [-0.2, -0.15) is 0 Å². The molecule has 0 aromatic heterocycles. The molecule has 1 aromatic rings. The number of hydrogen-bond acceptors (Lipinski definition) is 6. The number of likely N-dealkylation sites (tertiary alicyclic amines) is 1. The number of allylic oxidation sites excluding steroid dienone is 1. The summed E-state index contributed by atoms with van der Waals surface area (Å²) in [6.07, 6.45) is 6.88. The first-order valence-corrected chi connectivity index (χ1v) is 15.4. The van der Waals surface area contributed by atoms with Gasteiger partial charge in [0, 0.05) is 12.2 Å². The quantitative estimate of drug-likeness (QED) is 0.191. The van der Waals surface area contributed by atoms with Gasteiger partial charge in [0.15, 0.2) is 0 Å². The minimum Gasteiger partial charge on any atom is -0.465 e. The average molecular weight is 581 g/mol. The van der Waals surface area contributed by atoms with E-state index >= 15 is 0 Å². The zero-order valence-corrected chi connectivity index (χ0v) is 25.9. The molecule has 0 saturated carbocycles. The number of fused-ring (bicyclic) bond motifs is 1. The number of para-hydroxylation sites is 1. The van der Waals surface area contributed by atoms with Crippen molar-refractivity contribution in [3.05, 3.63) is 54.6 Å². The third kappa shape index (κ3) is 5.21. The predicted octanol–water partition coefficient (Wildman–Crippen LogP) is 4.89. The number of anilines is 1. The van der Waals surface area contributed by atoms with Crippen molar-refractivity contribution in [2.24, 2.45) is 17.8 Å². The minimum absolute atomic E-state index is 0.163. The molecular weight excluding hydrogens is 532 g/mol. The van der Waals surface area contributed by atoms with Crippen molar-refractivity contribution in [2.75, 3.05) is 24.7 Å². The second-order valence-electron chi connectivity index (χ2n) is 12.6. The largest absolute Gasteiger partial charge is 0.465 e. The van der Waals surface area contributed by atoms with Gasteiger partial charge in [0.05, 0.1) is 30.8 Å². The molecule has 3 saturated heterocycles. The third-order valence-electron chi connectivity index (χ3n) is 9.54. The van der Waals surface area contributed by atoms with Crippen LogP contribution in [0.2, 0.25) is 0 Å². The first-order valence-electron chi connectivity index (χ1n) is 15.4. The van der Waals surface area contributed by atoms with E-state index < -0.39 is 41.1 Å². The van der Waals surface area contributed by atoms with Crippen LogP contribution in [0, 0.1) is 31.6 Å². The van der Waals surface area contributed by atoms with Crippen molar-refractivity contribution >= 4 is 23.5 Å². The highest BCUT2D eigenvalue weighted by Gasteiger charge is 2.79. The summed E-state index contributed by atoms with van der Waals surface area (Å²) < 4.78 is 12.6. The molecule has 6 atom stereocenters. The average Bonchev–Trinajstić information content (AvgIpc) is 3.56. The minimum atomic E-state index is -1.20. The summed E-state index contributed by atoms with van der Waals surface area (Å²) in [5.74, 6) is -2.56. The van der Waals surface area contributed by atoms with E-state index in [1.165, 1.54) is 0 Å². The van der Waals surface area contributed by atoms with Crippen molar-refractivity contribution < 1.29 is 29.0 Å². The molecule has 0 aliphatic carbocycles. The Labute approximate surface area is 250 Å². The highest BCUT2D eigenvalue weighted by atomic mass is 16.6. The van der Waals surface area contributed by atoms with Gasteiger partial charge in [0.2, 0.25) is 5.91 Å². The first-order chi connectivity index (χ1) is 20.0. The van der Waals surface area contributed by atoms with E-state index in [1.54, 1.807) is 22.0 Å². The van der Waals surface area contributed by atoms with Crippen molar-refractivity contribution in [1.82, 2.24) is 4.90 Å². The Hall–Kier alpha value is -2.97. The van der Waals surface area contributed by atoms with E-state index in [1.807, 2.05) is 52.8 Å². The molecule has 8 nitrogen and oxygen atoms in total. The number of esters is 1. The molecule has 2 amide bonds.